The van der Waals surface area contributed by atoms with Crippen molar-refractivity contribution in [3.8, 4) is 0 Å². The molecule has 1 aromatic rings. The molecule has 1 aromatic heterocycles. The first-order valence-electron chi connectivity index (χ1n) is 5.85. The number of thiophene rings is 1. The van der Waals surface area contributed by atoms with Gasteiger partial charge in [-0.2, -0.15) is 11.8 Å². The largest absolute Gasteiger partial charge is 0.477 e. The molecule has 98 valence electrons. The molecule has 0 aliphatic carbocycles. The minimum Gasteiger partial charge on any atom is -0.477 e. The first-order chi connectivity index (χ1) is 8.61. The summed E-state index contributed by atoms with van der Waals surface area (Å²) in [5, 5.41) is 9.35. The summed E-state index contributed by atoms with van der Waals surface area (Å²) >= 11 is 2.96. The average Bonchev–Trinajstić information content (AvgIpc) is 2.87. The van der Waals surface area contributed by atoms with E-state index in [0.717, 1.165) is 36.6 Å². The number of hydrogen-bond donors (Lipinski definition) is 1. The van der Waals surface area contributed by atoms with Gasteiger partial charge in [-0.05, 0) is 18.6 Å². The van der Waals surface area contributed by atoms with Gasteiger partial charge in [0.15, 0.2) is 0 Å². The smallest absolute Gasteiger partial charge is 0.345 e. The topological polar surface area (TPSA) is 57.6 Å². The number of amides is 1. The van der Waals surface area contributed by atoms with Crippen molar-refractivity contribution in [2.75, 3.05) is 18.8 Å². The van der Waals surface area contributed by atoms with Crippen LogP contribution < -0.4 is 0 Å². The normalized spacial score (nSPS) is 19.8. The Morgan fingerprint density at radius 3 is 2.78 bits per heavy atom. The molecule has 0 spiro atoms. The van der Waals surface area contributed by atoms with Crippen molar-refractivity contribution < 1.29 is 14.7 Å². The molecule has 1 atom stereocenters. The van der Waals surface area contributed by atoms with E-state index in [-0.39, 0.29) is 10.8 Å². The lowest BCUT2D eigenvalue weighted by Gasteiger charge is -2.31. The molecular weight excluding hydrogens is 270 g/mol. The number of aromatic carboxylic acids is 1. The zero-order valence-electron chi connectivity index (χ0n) is 10.1. The van der Waals surface area contributed by atoms with E-state index >= 15 is 0 Å². The highest BCUT2D eigenvalue weighted by Gasteiger charge is 2.25. The number of carbonyl (C=O) groups excluding carboxylic acids is 1. The maximum absolute atomic E-state index is 12.2. The number of nitrogens with zero attached hydrogens (tertiary/aromatic N) is 1. The third-order valence-corrected chi connectivity index (χ3v) is 5.34. The van der Waals surface area contributed by atoms with E-state index in [1.54, 1.807) is 6.07 Å². The Morgan fingerprint density at radius 1 is 1.44 bits per heavy atom. The molecule has 1 amide bonds. The van der Waals surface area contributed by atoms with E-state index in [4.69, 9.17) is 5.11 Å². The van der Waals surface area contributed by atoms with Crippen LogP contribution in [-0.4, -0.2) is 46.0 Å². The van der Waals surface area contributed by atoms with E-state index in [0.29, 0.717) is 10.1 Å². The Labute approximate surface area is 114 Å². The van der Waals surface area contributed by atoms with Gasteiger partial charge >= 0.3 is 5.97 Å². The number of carboxylic acids is 1. The molecule has 4 nitrogen and oxygen atoms in total. The average molecular weight is 285 g/mol. The number of carbonyl (C=O) groups is 2. The Balaban J connectivity index is 2.07. The van der Waals surface area contributed by atoms with Crippen molar-refractivity contribution in [2.24, 2.45) is 0 Å². The first-order valence-corrected chi connectivity index (χ1v) is 7.72. The highest BCUT2D eigenvalue weighted by Crippen LogP contribution is 2.24. The van der Waals surface area contributed by atoms with Gasteiger partial charge in [0.25, 0.3) is 5.91 Å². The third kappa shape index (κ3) is 2.87. The molecule has 1 fully saturated rings. The van der Waals surface area contributed by atoms with Crippen molar-refractivity contribution in [3.63, 3.8) is 0 Å². The van der Waals surface area contributed by atoms with Crippen molar-refractivity contribution in [1.82, 2.24) is 4.90 Å². The molecule has 0 aromatic carbocycles. The van der Waals surface area contributed by atoms with Crippen molar-refractivity contribution >= 4 is 35.0 Å². The van der Waals surface area contributed by atoms with Gasteiger partial charge in [-0.15, -0.1) is 11.3 Å². The van der Waals surface area contributed by atoms with Gasteiger partial charge in [-0.3, -0.25) is 4.79 Å². The molecule has 2 heterocycles. The zero-order chi connectivity index (χ0) is 13.1. The van der Waals surface area contributed by atoms with Crippen LogP contribution in [0.5, 0.6) is 0 Å². The summed E-state index contributed by atoms with van der Waals surface area (Å²) in [5.74, 6) is -0.0487. The summed E-state index contributed by atoms with van der Waals surface area (Å²) in [6.45, 7) is 3.64. The molecule has 1 unspecified atom stereocenters. The lowest BCUT2D eigenvalue weighted by molar-refractivity contribution is 0.0701. The molecule has 18 heavy (non-hydrogen) atoms. The number of hydrogen-bond acceptors (Lipinski definition) is 4. The minimum atomic E-state index is -0.973. The van der Waals surface area contributed by atoms with Gasteiger partial charge in [0.2, 0.25) is 0 Å². The fraction of sp³-hybridized carbons (Fsp3) is 0.500. The lowest BCUT2D eigenvalue weighted by Crippen LogP contribution is -2.41. The molecule has 1 saturated heterocycles. The van der Waals surface area contributed by atoms with E-state index in [1.165, 1.54) is 6.07 Å². The second kappa shape index (κ2) is 5.75. The fourth-order valence-corrected chi connectivity index (χ4v) is 3.87. The second-order valence-electron chi connectivity index (χ2n) is 4.12. The molecule has 1 aliphatic heterocycles. The Kier molecular flexibility index (Phi) is 4.29. The van der Waals surface area contributed by atoms with Crippen LogP contribution in [0.2, 0.25) is 0 Å². The van der Waals surface area contributed by atoms with Gasteiger partial charge in [0.1, 0.15) is 4.88 Å². The van der Waals surface area contributed by atoms with Crippen LogP contribution in [0, 0.1) is 0 Å². The zero-order valence-corrected chi connectivity index (χ0v) is 11.7. The van der Waals surface area contributed by atoms with Crippen LogP contribution >= 0.6 is 23.1 Å². The van der Waals surface area contributed by atoms with E-state index < -0.39 is 5.97 Å². The summed E-state index contributed by atoms with van der Waals surface area (Å²) in [5.41, 5.74) is 0. The molecule has 2 rings (SSSR count). The summed E-state index contributed by atoms with van der Waals surface area (Å²) in [6, 6.07) is 3.11. The Morgan fingerprint density at radius 2 is 2.17 bits per heavy atom. The van der Waals surface area contributed by atoms with Crippen LogP contribution in [0.4, 0.5) is 0 Å². The SMILES string of the molecule is CCC1CN(C(=O)c2ccc(C(=O)O)s2)CCS1. The molecule has 0 bridgehead atoms. The third-order valence-electron chi connectivity index (χ3n) is 2.91. The standard InChI is InChI=1S/C12H15NO3S2/c1-2-8-7-13(5-6-17-8)11(14)9-3-4-10(18-9)12(15)16/h3-4,8H,2,5-7H2,1H3,(H,15,16). The van der Waals surface area contributed by atoms with E-state index in [1.807, 2.05) is 16.7 Å². The monoisotopic (exact) mass is 285 g/mol. The molecule has 1 N–H and O–H groups in total. The quantitative estimate of drug-likeness (QED) is 0.926. The van der Waals surface area contributed by atoms with Gasteiger partial charge in [-0.1, -0.05) is 6.92 Å². The molecule has 1 aliphatic rings. The number of thioether (sulfide) groups is 1. The Hall–Kier alpha value is -1.01. The second-order valence-corrected chi connectivity index (χ2v) is 6.61. The summed E-state index contributed by atoms with van der Waals surface area (Å²) < 4.78 is 0. The summed E-state index contributed by atoms with van der Waals surface area (Å²) in [4.78, 5) is 25.6. The maximum atomic E-state index is 12.2. The van der Waals surface area contributed by atoms with Gasteiger partial charge in [-0.25, -0.2) is 4.79 Å². The van der Waals surface area contributed by atoms with Crippen LogP contribution in [-0.2, 0) is 0 Å². The fourth-order valence-electron chi connectivity index (χ4n) is 1.87. The predicted molar refractivity (Wildman–Crippen MR) is 73.7 cm³/mol. The van der Waals surface area contributed by atoms with Crippen LogP contribution in [0.25, 0.3) is 0 Å². The van der Waals surface area contributed by atoms with Crippen LogP contribution in [0.1, 0.15) is 32.7 Å². The lowest BCUT2D eigenvalue weighted by atomic mass is 10.3. The van der Waals surface area contributed by atoms with Crippen molar-refractivity contribution in [1.29, 1.82) is 0 Å². The molecular formula is C12H15NO3S2. The van der Waals surface area contributed by atoms with E-state index in [9.17, 15) is 9.59 Å². The van der Waals surface area contributed by atoms with E-state index in [2.05, 4.69) is 6.92 Å². The van der Waals surface area contributed by atoms with Crippen molar-refractivity contribution in [3.05, 3.63) is 21.9 Å². The van der Waals surface area contributed by atoms with Gasteiger partial charge in [0.05, 0.1) is 4.88 Å². The summed E-state index contributed by atoms with van der Waals surface area (Å²) in [6.07, 6.45) is 1.05. The summed E-state index contributed by atoms with van der Waals surface area (Å²) in [7, 11) is 0. The number of rotatable bonds is 3. The van der Waals surface area contributed by atoms with Gasteiger partial charge < -0.3 is 10.0 Å². The first kappa shape index (κ1) is 13.4. The minimum absolute atomic E-state index is 0.0359. The molecule has 0 radical (unpaired) electrons. The molecule has 6 heteroatoms. The van der Waals surface area contributed by atoms with Crippen LogP contribution in [0.15, 0.2) is 12.1 Å². The highest BCUT2D eigenvalue weighted by atomic mass is 32.2. The maximum Gasteiger partial charge on any atom is 0.345 e. The highest BCUT2D eigenvalue weighted by molar-refractivity contribution is 8.00. The number of carboxylic acid groups (broad SMARTS) is 1. The van der Waals surface area contributed by atoms with Gasteiger partial charge in [0, 0.05) is 24.1 Å². The Bertz CT molecular complexity index is 458. The predicted octanol–water partition coefficient (Wildman–Crippen LogP) is 2.41. The molecule has 0 saturated carbocycles. The van der Waals surface area contributed by atoms with Crippen LogP contribution in [0.3, 0.4) is 0 Å². The van der Waals surface area contributed by atoms with Crippen molar-refractivity contribution in [2.45, 2.75) is 18.6 Å².